The highest BCUT2D eigenvalue weighted by atomic mass is 16.5. The van der Waals surface area contributed by atoms with Gasteiger partial charge in [0.25, 0.3) is 0 Å². The lowest BCUT2D eigenvalue weighted by Crippen LogP contribution is -2.11. The number of aryl methyl sites for hydroxylation is 1. The van der Waals surface area contributed by atoms with E-state index < -0.39 is 0 Å². The van der Waals surface area contributed by atoms with Crippen molar-refractivity contribution in [2.75, 3.05) is 7.11 Å². The summed E-state index contributed by atoms with van der Waals surface area (Å²) < 4.78 is 4.84. The first kappa shape index (κ1) is 12.2. The van der Waals surface area contributed by atoms with Gasteiger partial charge in [-0.15, -0.1) is 0 Å². The van der Waals surface area contributed by atoms with Crippen LogP contribution in [0.25, 0.3) is 10.9 Å². The number of rotatable bonds is 1. The summed E-state index contributed by atoms with van der Waals surface area (Å²) in [6.07, 6.45) is 3.48. The average molecular weight is 255 g/mol. The van der Waals surface area contributed by atoms with Crippen LogP contribution in [0, 0.1) is 0 Å². The number of para-hydroxylation sites is 1. The number of pyridine rings is 1. The first-order valence-electron chi connectivity index (χ1n) is 6.71. The number of aromatic nitrogens is 1. The van der Waals surface area contributed by atoms with Crippen molar-refractivity contribution in [3.05, 3.63) is 41.1 Å². The van der Waals surface area contributed by atoms with Crippen LogP contribution < -0.4 is 0 Å². The van der Waals surface area contributed by atoms with Crippen LogP contribution in [0.3, 0.4) is 0 Å². The molecule has 1 unspecified atom stereocenters. The summed E-state index contributed by atoms with van der Waals surface area (Å²) >= 11 is 0. The van der Waals surface area contributed by atoms with Gasteiger partial charge in [-0.1, -0.05) is 19.1 Å². The minimum Gasteiger partial charge on any atom is -0.465 e. The highest BCUT2D eigenvalue weighted by Crippen LogP contribution is 2.32. The minimum absolute atomic E-state index is 0.318. The number of carbonyl (C=O) groups is 1. The lowest BCUT2D eigenvalue weighted by atomic mass is 9.87. The first-order chi connectivity index (χ1) is 9.20. The maximum atomic E-state index is 11.8. The Kier molecular flexibility index (Phi) is 2.97. The van der Waals surface area contributed by atoms with Gasteiger partial charge < -0.3 is 4.74 Å². The molecule has 0 aliphatic heterocycles. The standard InChI is InChI=1S/C16H17NO2/c1-10-5-3-6-11-9-12-7-4-8-13(16(18)19-2)15(12)17-14(10)11/h4,7-10H,3,5-6H2,1-2H3. The first-order valence-corrected chi connectivity index (χ1v) is 6.71. The van der Waals surface area contributed by atoms with Crippen LogP contribution in [0.5, 0.6) is 0 Å². The van der Waals surface area contributed by atoms with E-state index in [1.54, 1.807) is 6.07 Å². The Bertz CT molecular complexity index is 648. The van der Waals surface area contributed by atoms with E-state index in [0.29, 0.717) is 11.5 Å². The second kappa shape index (κ2) is 4.65. The van der Waals surface area contributed by atoms with Gasteiger partial charge in [-0.2, -0.15) is 0 Å². The average Bonchev–Trinajstić information content (AvgIpc) is 2.44. The molecule has 3 heteroatoms. The predicted molar refractivity (Wildman–Crippen MR) is 74.4 cm³/mol. The lowest BCUT2D eigenvalue weighted by Gasteiger charge is -2.22. The molecular formula is C16H17NO2. The molecule has 1 atom stereocenters. The van der Waals surface area contributed by atoms with Crippen LogP contribution in [-0.4, -0.2) is 18.1 Å². The molecule has 1 aliphatic carbocycles. The molecule has 0 N–H and O–H groups in total. The van der Waals surface area contributed by atoms with Crippen LogP contribution >= 0.6 is 0 Å². The van der Waals surface area contributed by atoms with Crippen LogP contribution in [0.1, 0.15) is 47.3 Å². The Morgan fingerprint density at radius 2 is 2.26 bits per heavy atom. The van der Waals surface area contributed by atoms with E-state index in [-0.39, 0.29) is 5.97 Å². The molecule has 19 heavy (non-hydrogen) atoms. The van der Waals surface area contributed by atoms with Gasteiger partial charge in [-0.05, 0) is 42.9 Å². The molecule has 98 valence electrons. The van der Waals surface area contributed by atoms with Crippen molar-refractivity contribution in [3.63, 3.8) is 0 Å². The van der Waals surface area contributed by atoms with Crippen molar-refractivity contribution < 1.29 is 9.53 Å². The summed E-state index contributed by atoms with van der Waals surface area (Å²) in [5, 5.41) is 1.02. The molecule has 1 heterocycles. The number of hydrogen-bond donors (Lipinski definition) is 0. The molecule has 1 aliphatic rings. The third-order valence-corrected chi connectivity index (χ3v) is 3.91. The Labute approximate surface area is 112 Å². The Balaban J connectivity index is 2.26. The van der Waals surface area contributed by atoms with Gasteiger partial charge in [0.2, 0.25) is 0 Å². The zero-order chi connectivity index (χ0) is 13.4. The Hall–Kier alpha value is -1.90. The zero-order valence-corrected chi connectivity index (χ0v) is 11.3. The molecule has 0 radical (unpaired) electrons. The van der Waals surface area contributed by atoms with Gasteiger partial charge >= 0.3 is 5.97 Å². The normalized spacial score (nSPS) is 18.1. The van der Waals surface area contributed by atoms with Gasteiger partial charge in [0.1, 0.15) is 0 Å². The molecule has 1 aromatic carbocycles. The highest BCUT2D eigenvalue weighted by molar-refractivity contribution is 6.02. The fourth-order valence-corrected chi connectivity index (χ4v) is 2.89. The van der Waals surface area contributed by atoms with Gasteiger partial charge in [0.15, 0.2) is 0 Å². The zero-order valence-electron chi connectivity index (χ0n) is 11.3. The van der Waals surface area contributed by atoms with Crippen molar-refractivity contribution >= 4 is 16.9 Å². The summed E-state index contributed by atoms with van der Waals surface area (Å²) in [6.45, 7) is 2.21. The Morgan fingerprint density at radius 1 is 1.42 bits per heavy atom. The van der Waals surface area contributed by atoms with E-state index in [2.05, 4.69) is 13.0 Å². The predicted octanol–water partition coefficient (Wildman–Crippen LogP) is 3.46. The fourth-order valence-electron chi connectivity index (χ4n) is 2.89. The third-order valence-electron chi connectivity index (χ3n) is 3.91. The monoisotopic (exact) mass is 255 g/mol. The Morgan fingerprint density at radius 3 is 3.05 bits per heavy atom. The maximum Gasteiger partial charge on any atom is 0.340 e. The van der Waals surface area contributed by atoms with Crippen molar-refractivity contribution in [1.29, 1.82) is 0 Å². The number of fused-ring (bicyclic) bond motifs is 2. The summed E-state index contributed by atoms with van der Waals surface area (Å²) in [7, 11) is 1.40. The smallest absolute Gasteiger partial charge is 0.340 e. The number of benzene rings is 1. The van der Waals surface area contributed by atoms with E-state index in [4.69, 9.17) is 9.72 Å². The summed E-state index contributed by atoms with van der Waals surface area (Å²) in [5.41, 5.74) is 3.80. The van der Waals surface area contributed by atoms with Gasteiger partial charge in [0.05, 0.1) is 18.2 Å². The fraction of sp³-hybridized carbons (Fsp3) is 0.375. The number of ether oxygens (including phenoxy) is 1. The van der Waals surface area contributed by atoms with E-state index in [0.717, 1.165) is 23.0 Å². The molecular weight excluding hydrogens is 238 g/mol. The minimum atomic E-state index is -0.318. The topological polar surface area (TPSA) is 39.2 Å². The van der Waals surface area contributed by atoms with Gasteiger partial charge in [-0.25, -0.2) is 4.79 Å². The quantitative estimate of drug-likeness (QED) is 0.732. The molecule has 0 bridgehead atoms. The molecule has 1 aromatic heterocycles. The number of nitrogens with zero attached hydrogens (tertiary/aromatic N) is 1. The number of methoxy groups -OCH3 is 1. The molecule has 2 aromatic rings. The summed E-state index contributed by atoms with van der Waals surface area (Å²) in [4.78, 5) is 16.6. The lowest BCUT2D eigenvalue weighted by molar-refractivity contribution is 0.0603. The largest absolute Gasteiger partial charge is 0.465 e. The van der Waals surface area contributed by atoms with Crippen LogP contribution in [0.15, 0.2) is 24.3 Å². The van der Waals surface area contributed by atoms with Crippen molar-refractivity contribution in [2.24, 2.45) is 0 Å². The molecule has 0 saturated heterocycles. The second-order valence-electron chi connectivity index (χ2n) is 5.19. The third kappa shape index (κ3) is 1.99. The molecule has 3 nitrogen and oxygen atoms in total. The van der Waals surface area contributed by atoms with Crippen molar-refractivity contribution in [2.45, 2.75) is 32.1 Å². The van der Waals surface area contributed by atoms with Gasteiger partial charge in [-0.3, -0.25) is 4.98 Å². The molecule has 0 amide bonds. The van der Waals surface area contributed by atoms with Gasteiger partial charge in [0, 0.05) is 11.1 Å². The summed E-state index contributed by atoms with van der Waals surface area (Å²) in [5.74, 6) is 0.153. The SMILES string of the molecule is COC(=O)c1cccc2cc3c(nc12)C(C)CCC3. The summed E-state index contributed by atoms with van der Waals surface area (Å²) in [6, 6.07) is 7.85. The molecule has 0 spiro atoms. The van der Waals surface area contributed by atoms with Crippen molar-refractivity contribution in [1.82, 2.24) is 4.98 Å². The number of hydrogen-bond acceptors (Lipinski definition) is 3. The number of esters is 1. The van der Waals surface area contributed by atoms with Crippen LogP contribution in [0.2, 0.25) is 0 Å². The molecule has 0 saturated carbocycles. The van der Waals surface area contributed by atoms with Crippen LogP contribution in [-0.2, 0) is 11.2 Å². The molecule has 3 rings (SSSR count). The highest BCUT2D eigenvalue weighted by Gasteiger charge is 2.20. The van der Waals surface area contributed by atoms with Crippen molar-refractivity contribution in [3.8, 4) is 0 Å². The van der Waals surface area contributed by atoms with E-state index in [1.807, 2.05) is 12.1 Å². The second-order valence-corrected chi connectivity index (χ2v) is 5.19. The molecule has 0 fully saturated rings. The van der Waals surface area contributed by atoms with E-state index in [9.17, 15) is 4.79 Å². The van der Waals surface area contributed by atoms with E-state index >= 15 is 0 Å². The maximum absolute atomic E-state index is 11.8. The van der Waals surface area contributed by atoms with Crippen LogP contribution in [0.4, 0.5) is 0 Å². The number of carbonyl (C=O) groups excluding carboxylic acids is 1. The van der Waals surface area contributed by atoms with E-state index in [1.165, 1.54) is 25.5 Å².